The average molecular weight is 320 g/mol. The van der Waals surface area contributed by atoms with Crippen molar-refractivity contribution in [3.8, 4) is 0 Å². The van der Waals surface area contributed by atoms with E-state index in [1.54, 1.807) is 0 Å². The van der Waals surface area contributed by atoms with Crippen LogP contribution >= 0.6 is 15.9 Å². The molecule has 0 aliphatic rings. The van der Waals surface area contributed by atoms with E-state index < -0.39 is 0 Å². The number of benzene rings is 2. The monoisotopic (exact) mass is 319 g/mol. The molecule has 0 spiro atoms. The Hall–Kier alpha value is -1.35. The van der Waals surface area contributed by atoms with Gasteiger partial charge in [0.15, 0.2) is 0 Å². The number of hydrogen-bond acceptors (Lipinski definition) is 1. The maximum atomic E-state index is 12.4. The molecular weight excluding hydrogens is 302 g/mol. The van der Waals surface area contributed by atoms with Crippen LogP contribution < -0.4 is 5.32 Å². The molecule has 0 bridgehead atoms. The molecule has 0 radical (unpaired) electrons. The first-order valence-corrected chi connectivity index (χ1v) is 7.52. The molecule has 2 rings (SSSR count). The van der Waals surface area contributed by atoms with Gasteiger partial charge in [-0.25, -0.2) is 0 Å². The zero-order valence-corrected chi connectivity index (χ0v) is 12.8. The molecule has 19 heavy (non-hydrogen) atoms. The Morgan fingerprint density at radius 3 is 2.58 bits per heavy atom. The molecule has 2 aromatic rings. The molecule has 0 saturated carbocycles. The number of carbonyl (C=O) groups excluding carboxylic acids is 1. The molecule has 1 N–H and O–H groups in total. The average Bonchev–Trinajstić information content (AvgIpc) is 2.37. The third-order valence-corrected chi connectivity index (χ3v) is 3.60. The summed E-state index contributed by atoms with van der Waals surface area (Å²) in [5.74, 6) is -0.0113. The normalized spacial score (nSPS) is 11.5. The van der Waals surface area contributed by atoms with Gasteiger partial charge in [0.25, 0.3) is 5.91 Å². The summed E-state index contributed by atoms with van der Waals surface area (Å²) in [6, 6.07) is 13.8. The molecule has 0 atom stereocenters. The standard InChI is InChI=1S/C16H18BrNO/c1-16(2,10-11-17)18-15(19)14-9-5-7-12-6-3-4-8-13(12)14/h3-9H,10-11H2,1-2H3,(H,18,19). The summed E-state index contributed by atoms with van der Waals surface area (Å²) in [5, 5.41) is 6.06. The molecule has 0 unspecified atom stereocenters. The van der Waals surface area contributed by atoms with Crippen molar-refractivity contribution in [3.05, 3.63) is 48.0 Å². The van der Waals surface area contributed by atoms with Gasteiger partial charge < -0.3 is 5.32 Å². The topological polar surface area (TPSA) is 29.1 Å². The van der Waals surface area contributed by atoms with Crippen LogP contribution in [0.25, 0.3) is 10.8 Å². The number of fused-ring (bicyclic) bond motifs is 1. The van der Waals surface area contributed by atoms with Gasteiger partial charge in [0, 0.05) is 16.4 Å². The van der Waals surface area contributed by atoms with Crippen molar-refractivity contribution >= 4 is 32.6 Å². The molecule has 2 aromatic carbocycles. The van der Waals surface area contributed by atoms with Gasteiger partial charge in [0.2, 0.25) is 0 Å². The third kappa shape index (κ3) is 3.35. The largest absolute Gasteiger partial charge is 0.347 e. The molecule has 0 fully saturated rings. The zero-order valence-electron chi connectivity index (χ0n) is 11.2. The minimum Gasteiger partial charge on any atom is -0.347 e. The Kier molecular flexibility index (Phi) is 4.25. The maximum Gasteiger partial charge on any atom is 0.252 e. The van der Waals surface area contributed by atoms with Gasteiger partial charge in [-0.05, 0) is 37.1 Å². The van der Waals surface area contributed by atoms with E-state index in [1.807, 2.05) is 56.3 Å². The SMILES string of the molecule is CC(C)(CCBr)NC(=O)c1cccc2ccccc12. The first-order chi connectivity index (χ1) is 9.03. The summed E-state index contributed by atoms with van der Waals surface area (Å²) < 4.78 is 0. The highest BCUT2D eigenvalue weighted by molar-refractivity contribution is 9.09. The van der Waals surface area contributed by atoms with E-state index in [2.05, 4.69) is 21.2 Å². The van der Waals surface area contributed by atoms with Crippen LogP contribution in [0.2, 0.25) is 0 Å². The van der Waals surface area contributed by atoms with Crippen LogP contribution in [0.1, 0.15) is 30.6 Å². The van der Waals surface area contributed by atoms with E-state index in [4.69, 9.17) is 0 Å². The van der Waals surface area contributed by atoms with E-state index in [0.29, 0.717) is 0 Å². The van der Waals surface area contributed by atoms with Gasteiger partial charge in [0.1, 0.15) is 0 Å². The molecule has 0 heterocycles. The number of amides is 1. The summed E-state index contributed by atoms with van der Waals surface area (Å²) in [4.78, 5) is 12.4. The van der Waals surface area contributed by atoms with Crippen LogP contribution in [0.15, 0.2) is 42.5 Å². The van der Waals surface area contributed by atoms with Crippen molar-refractivity contribution in [1.29, 1.82) is 0 Å². The molecular formula is C16H18BrNO. The van der Waals surface area contributed by atoms with Crippen LogP contribution in [-0.4, -0.2) is 16.8 Å². The van der Waals surface area contributed by atoms with Crippen LogP contribution in [-0.2, 0) is 0 Å². The first-order valence-electron chi connectivity index (χ1n) is 6.40. The van der Waals surface area contributed by atoms with Crippen molar-refractivity contribution < 1.29 is 4.79 Å². The lowest BCUT2D eigenvalue weighted by Gasteiger charge is -2.25. The zero-order chi connectivity index (χ0) is 13.9. The number of alkyl halides is 1. The second kappa shape index (κ2) is 5.74. The smallest absolute Gasteiger partial charge is 0.252 e. The second-order valence-electron chi connectivity index (χ2n) is 5.30. The van der Waals surface area contributed by atoms with Crippen LogP contribution in [0.5, 0.6) is 0 Å². The van der Waals surface area contributed by atoms with Gasteiger partial charge in [-0.15, -0.1) is 0 Å². The van der Waals surface area contributed by atoms with Gasteiger partial charge >= 0.3 is 0 Å². The summed E-state index contributed by atoms with van der Waals surface area (Å²) in [6.07, 6.45) is 0.892. The maximum absolute atomic E-state index is 12.4. The highest BCUT2D eigenvalue weighted by Gasteiger charge is 2.21. The minimum atomic E-state index is -0.211. The molecule has 3 heteroatoms. The van der Waals surface area contributed by atoms with E-state index in [1.165, 1.54) is 0 Å². The molecule has 0 aromatic heterocycles. The van der Waals surface area contributed by atoms with Gasteiger partial charge in [-0.2, -0.15) is 0 Å². The number of halogens is 1. The number of carbonyl (C=O) groups is 1. The summed E-state index contributed by atoms with van der Waals surface area (Å²) in [6.45, 7) is 4.08. The fraction of sp³-hybridized carbons (Fsp3) is 0.312. The Balaban J connectivity index is 2.32. The predicted molar refractivity (Wildman–Crippen MR) is 83.9 cm³/mol. The van der Waals surface area contributed by atoms with Gasteiger partial charge in [-0.1, -0.05) is 52.3 Å². The number of rotatable bonds is 4. The highest BCUT2D eigenvalue weighted by Crippen LogP contribution is 2.20. The lowest BCUT2D eigenvalue weighted by molar-refractivity contribution is 0.0913. The van der Waals surface area contributed by atoms with Crippen LogP contribution in [0, 0.1) is 0 Å². The van der Waals surface area contributed by atoms with Gasteiger partial charge in [-0.3, -0.25) is 4.79 Å². The lowest BCUT2D eigenvalue weighted by Crippen LogP contribution is -2.43. The fourth-order valence-corrected chi connectivity index (χ4v) is 3.09. The van der Waals surface area contributed by atoms with E-state index in [9.17, 15) is 4.79 Å². The molecule has 0 aliphatic carbocycles. The predicted octanol–water partition coefficient (Wildman–Crippen LogP) is 4.13. The molecule has 0 saturated heterocycles. The second-order valence-corrected chi connectivity index (χ2v) is 6.10. The molecule has 1 amide bonds. The van der Waals surface area contributed by atoms with Crippen molar-refractivity contribution in [1.82, 2.24) is 5.32 Å². The Labute approximate surface area is 122 Å². The summed E-state index contributed by atoms with van der Waals surface area (Å²) >= 11 is 3.42. The first kappa shape index (κ1) is 14.1. The van der Waals surface area contributed by atoms with Crippen molar-refractivity contribution in [2.45, 2.75) is 25.8 Å². The molecule has 0 aliphatic heterocycles. The van der Waals surface area contributed by atoms with Gasteiger partial charge in [0.05, 0.1) is 0 Å². The third-order valence-electron chi connectivity index (χ3n) is 3.21. The van der Waals surface area contributed by atoms with Crippen LogP contribution in [0.4, 0.5) is 0 Å². The molecule has 2 nitrogen and oxygen atoms in total. The fourth-order valence-electron chi connectivity index (χ4n) is 2.10. The lowest BCUT2D eigenvalue weighted by atomic mass is 9.99. The number of nitrogens with one attached hydrogen (secondary N) is 1. The summed E-state index contributed by atoms with van der Waals surface area (Å²) in [7, 11) is 0. The van der Waals surface area contributed by atoms with Crippen LogP contribution in [0.3, 0.4) is 0 Å². The van der Waals surface area contributed by atoms with Crippen molar-refractivity contribution in [2.24, 2.45) is 0 Å². The highest BCUT2D eigenvalue weighted by atomic mass is 79.9. The van der Waals surface area contributed by atoms with Crippen molar-refractivity contribution in [2.75, 3.05) is 5.33 Å². The Morgan fingerprint density at radius 1 is 1.16 bits per heavy atom. The molecule has 100 valence electrons. The van der Waals surface area contributed by atoms with Crippen molar-refractivity contribution in [3.63, 3.8) is 0 Å². The van der Waals surface area contributed by atoms with E-state index in [0.717, 1.165) is 28.1 Å². The van der Waals surface area contributed by atoms with E-state index >= 15 is 0 Å². The Morgan fingerprint density at radius 2 is 1.84 bits per heavy atom. The number of hydrogen-bond donors (Lipinski definition) is 1. The quantitative estimate of drug-likeness (QED) is 0.843. The summed E-state index contributed by atoms with van der Waals surface area (Å²) in [5.41, 5.74) is 0.526. The Bertz CT molecular complexity index is 587. The van der Waals surface area contributed by atoms with E-state index in [-0.39, 0.29) is 11.4 Å². The minimum absolute atomic E-state index is 0.0113.